The van der Waals surface area contributed by atoms with Gasteiger partial charge in [-0.15, -0.1) is 0 Å². The standard InChI is InChI=1S/C49H72N6O11/c1-12-37-49(9)42(55(47(60)66-49)24-17-16-23-54-28-52-35-20-18-22-51-44(35)54)31(5)39(57)29(3)27-48(8,61-11)43(65-46-40(58)36(53(10)13-2)25-30(4)62-46)32(6)41(33(7)45(59)63-37)64-38(56)26-34-19-14-15-21-50-34/h14-15,18-22,28-33,36-37,40-43,46,58H,12-13,16-17,23-27H2,1-11H3/t29-,30+,31+,32+,33-,36-,37-,40+,41+,42-,43-,46-,48-,49-/m1/s1. The van der Waals surface area contributed by atoms with E-state index in [1.807, 2.05) is 63.3 Å². The van der Waals surface area contributed by atoms with Crippen molar-refractivity contribution in [1.82, 2.24) is 29.3 Å². The number of carbonyl (C=O) groups is 4. The van der Waals surface area contributed by atoms with E-state index >= 15 is 4.79 Å². The fourth-order valence-corrected chi connectivity index (χ4v) is 10.7. The van der Waals surface area contributed by atoms with Gasteiger partial charge in [-0.3, -0.25) is 19.4 Å². The minimum absolute atomic E-state index is 0.119. The number of unbranched alkanes of at least 4 members (excludes halogenated alkanes) is 1. The summed E-state index contributed by atoms with van der Waals surface area (Å²) in [5.41, 5.74) is -0.698. The van der Waals surface area contributed by atoms with Gasteiger partial charge in [-0.25, -0.2) is 14.8 Å². The second kappa shape index (κ2) is 21.6. The van der Waals surface area contributed by atoms with E-state index in [0.717, 1.165) is 11.2 Å². The number of rotatable bonds is 14. The normalized spacial score (nSPS) is 34.7. The minimum atomic E-state index is -1.44. The number of hydrogen-bond donors (Lipinski definition) is 1. The Balaban J connectivity index is 1.37. The van der Waals surface area contributed by atoms with Crippen molar-refractivity contribution in [3.05, 3.63) is 54.7 Å². The van der Waals surface area contributed by atoms with Crippen LogP contribution in [0.3, 0.4) is 0 Å². The minimum Gasteiger partial charge on any atom is -0.461 e. The highest BCUT2D eigenvalue weighted by molar-refractivity contribution is 5.85. The average Bonchev–Trinajstić information content (AvgIpc) is 3.83. The number of ether oxygens (including phenoxy) is 6. The van der Waals surface area contributed by atoms with E-state index in [1.54, 1.807) is 69.5 Å². The van der Waals surface area contributed by atoms with Crippen molar-refractivity contribution in [2.24, 2.45) is 23.7 Å². The first kappa shape index (κ1) is 50.9. The third-order valence-corrected chi connectivity index (χ3v) is 14.5. The number of methoxy groups -OCH3 is 1. The van der Waals surface area contributed by atoms with Crippen molar-refractivity contribution in [3.63, 3.8) is 0 Å². The molecule has 0 unspecified atom stereocenters. The van der Waals surface area contributed by atoms with Crippen LogP contribution >= 0.6 is 0 Å². The number of hydrogen-bond acceptors (Lipinski definition) is 15. The SMILES string of the molecule is CC[C@H]1OC(=O)[C@H](C)[C@@H](OC(=O)Cc2ccccn2)[C@H](C)[C@@H](O[C@H]2O[C@@H](C)C[C@@H](N(C)CC)[C@@H]2O)[C@](C)(OC)C[C@@H](C)C(=O)[C@H](C)[C@H]2N(CCCCn3cnc4cccnc43)C(=O)O[C@]12C. The summed E-state index contributed by atoms with van der Waals surface area (Å²) in [4.78, 5) is 74.7. The van der Waals surface area contributed by atoms with Crippen molar-refractivity contribution < 1.29 is 52.7 Å². The van der Waals surface area contributed by atoms with Crippen LogP contribution in [0.25, 0.3) is 11.2 Å². The average molecular weight is 921 g/mol. The maximum absolute atomic E-state index is 15.0. The number of amides is 1. The second-order valence-electron chi connectivity index (χ2n) is 19.2. The van der Waals surface area contributed by atoms with Crippen molar-refractivity contribution >= 4 is 35.0 Å². The molecule has 3 aromatic heterocycles. The third-order valence-electron chi connectivity index (χ3n) is 14.5. The topological polar surface area (TPSA) is 194 Å². The van der Waals surface area contributed by atoms with E-state index in [0.29, 0.717) is 38.0 Å². The van der Waals surface area contributed by atoms with Gasteiger partial charge in [-0.1, -0.05) is 40.7 Å². The first-order valence-corrected chi connectivity index (χ1v) is 23.7. The van der Waals surface area contributed by atoms with Crippen molar-refractivity contribution in [1.29, 1.82) is 0 Å². The summed E-state index contributed by atoms with van der Waals surface area (Å²) in [7, 11) is 3.46. The predicted octanol–water partition coefficient (Wildman–Crippen LogP) is 5.79. The van der Waals surface area contributed by atoms with Crippen LogP contribution in [-0.2, 0) is 55.8 Å². The lowest BCUT2D eigenvalue weighted by atomic mass is 9.73. The Hall–Kier alpha value is -4.55. The molecule has 3 aliphatic heterocycles. The van der Waals surface area contributed by atoms with Crippen LogP contribution in [0.15, 0.2) is 49.1 Å². The molecule has 0 aliphatic carbocycles. The van der Waals surface area contributed by atoms with E-state index in [4.69, 9.17) is 28.4 Å². The predicted molar refractivity (Wildman–Crippen MR) is 244 cm³/mol. The molecule has 66 heavy (non-hydrogen) atoms. The zero-order valence-corrected chi connectivity index (χ0v) is 40.6. The molecule has 0 radical (unpaired) electrons. The number of fused-ring (bicyclic) bond motifs is 2. The smallest absolute Gasteiger partial charge is 0.410 e. The fraction of sp³-hybridized carbons (Fsp3) is 0.694. The van der Waals surface area contributed by atoms with E-state index in [-0.39, 0.29) is 43.7 Å². The number of pyridine rings is 2. The molecular formula is C49H72N6O11. The molecule has 1 amide bonds. The summed E-state index contributed by atoms with van der Waals surface area (Å²) >= 11 is 0. The van der Waals surface area contributed by atoms with Crippen LogP contribution in [-0.4, -0.2) is 146 Å². The number of likely N-dealkylation sites (N-methyl/N-ethyl adjacent to an activating group) is 1. The molecule has 3 aromatic rings. The van der Waals surface area contributed by atoms with Gasteiger partial charge in [0.1, 0.15) is 29.6 Å². The van der Waals surface area contributed by atoms with Crippen LogP contribution in [0.5, 0.6) is 0 Å². The first-order chi connectivity index (χ1) is 31.4. The van der Waals surface area contributed by atoms with E-state index in [1.165, 1.54) is 7.11 Å². The van der Waals surface area contributed by atoms with Crippen LogP contribution in [0.4, 0.5) is 4.79 Å². The second-order valence-corrected chi connectivity index (χ2v) is 19.2. The van der Waals surface area contributed by atoms with Crippen molar-refractivity contribution in [2.45, 2.75) is 167 Å². The molecule has 364 valence electrons. The van der Waals surface area contributed by atoms with Crippen LogP contribution in [0.1, 0.15) is 100 Å². The number of nitrogens with zero attached hydrogens (tertiary/aromatic N) is 6. The lowest BCUT2D eigenvalue weighted by Crippen LogP contribution is -2.61. The number of esters is 2. The molecule has 6 heterocycles. The Morgan fingerprint density at radius 2 is 1.70 bits per heavy atom. The number of Topliss-reactive ketones (excluding diaryl/α,β-unsaturated/α-hetero) is 1. The van der Waals surface area contributed by atoms with Gasteiger partial charge in [-0.05, 0) is 97.7 Å². The molecular weight excluding hydrogens is 849 g/mol. The summed E-state index contributed by atoms with van der Waals surface area (Å²) in [6.07, 6.45) is 0.765. The number of imidazole rings is 1. The number of carbonyl (C=O) groups excluding carboxylic acids is 4. The summed E-state index contributed by atoms with van der Waals surface area (Å²) in [6, 6.07) is 7.86. The Morgan fingerprint density at radius 3 is 2.38 bits per heavy atom. The molecule has 3 saturated heterocycles. The summed E-state index contributed by atoms with van der Waals surface area (Å²) in [5, 5.41) is 11.9. The molecule has 17 nitrogen and oxygen atoms in total. The van der Waals surface area contributed by atoms with E-state index in [9.17, 15) is 19.5 Å². The highest BCUT2D eigenvalue weighted by Gasteiger charge is 2.60. The summed E-state index contributed by atoms with van der Waals surface area (Å²) < 4.78 is 40.6. The van der Waals surface area contributed by atoms with E-state index < -0.39 is 89.7 Å². The summed E-state index contributed by atoms with van der Waals surface area (Å²) in [6.45, 7) is 18.0. The number of aliphatic hydroxyl groups is 1. The maximum atomic E-state index is 15.0. The largest absolute Gasteiger partial charge is 0.461 e. The van der Waals surface area contributed by atoms with Gasteiger partial charge in [0.05, 0.1) is 48.2 Å². The van der Waals surface area contributed by atoms with Gasteiger partial charge in [-0.2, -0.15) is 0 Å². The number of aliphatic hydroxyl groups excluding tert-OH is 1. The number of aryl methyl sites for hydroxylation is 1. The highest BCUT2D eigenvalue weighted by Crippen LogP contribution is 2.44. The molecule has 6 rings (SSSR count). The first-order valence-electron chi connectivity index (χ1n) is 23.7. The zero-order valence-electron chi connectivity index (χ0n) is 40.6. The molecule has 14 atom stereocenters. The van der Waals surface area contributed by atoms with Gasteiger partial charge in [0, 0.05) is 56.4 Å². The molecule has 17 heteroatoms. The quantitative estimate of drug-likeness (QED) is 0.116. The van der Waals surface area contributed by atoms with E-state index in [2.05, 4.69) is 15.0 Å². The number of ketones is 1. The van der Waals surface area contributed by atoms with Gasteiger partial charge in [0.15, 0.2) is 17.5 Å². The number of cyclic esters (lactones) is 1. The molecule has 3 aliphatic rings. The molecule has 0 aromatic carbocycles. The molecule has 1 N–H and O–H groups in total. The number of aromatic nitrogens is 4. The molecule has 0 saturated carbocycles. The monoisotopic (exact) mass is 921 g/mol. The van der Waals surface area contributed by atoms with Gasteiger partial charge in [0.2, 0.25) is 0 Å². The van der Waals surface area contributed by atoms with Gasteiger partial charge < -0.3 is 47.9 Å². The highest BCUT2D eigenvalue weighted by atomic mass is 16.7. The zero-order chi connectivity index (χ0) is 48.1. The lowest BCUT2D eigenvalue weighted by Gasteiger charge is -2.48. The maximum Gasteiger partial charge on any atom is 0.410 e. The van der Waals surface area contributed by atoms with Gasteiger partial charge in [0.25, 0.3) is 0 Å². The molecule has 0 spiro atoms. The Bertz CT molecular complexity index is 2120. The summed E-state index contributed by atoms with van der Waals surface area (Å²) in [5.74, 6) is -4.85. The Kier molecular flexibility index (Phi) is 16.6. The van der Waals surface area contributed by atoms with Crippen LogP contribution in [0, 0.1) is 23.7 Å². The van der Waals surface area contributed by atoms with Crippen molar-refractivity contribution in [2.75, 3.05) is 27.2 Å². The Morgan fingerprint density at radius 1 is 0.970 bits per heavy atom. The lowest BCUT2D eigenvalue weighted by molar-refractivity contribution is -0.302. The van der Waals surface area contributed by atoms with Crippen LogP contribution in [0.2, 0.25) is 0 Å². The Labute approximate surface area is 389 Å². The molecule has 3 fully saturated rings. The fourth-order valence-electron chi connectivity index (χ4n) is 10.7. The molecule has 0 bridgehead atoms. The third kappa shape index (κ3) is 10.8. The van der Waals surface area contributed by atoms with Crippen LogP contribution < -0.4 is 0 Å². The van der Waals surface area contributed by atoms with Gasteiger partial charge >= 0.3 is 18.0 Å². The van der Waals surface area contributed by atoms with Crippen molar-refractivity contribution in [3.8, 4) is 0 Å².